The first-order valence-corrected chi connectivity index (χ1v) is 8.51. The molecule has 1 N–H and O–H groups in total. The third-order valence-corrected chi connectivity index (χ3v) is 4.04. The molecule has 2 amide bonds. The zero-order chi connectivity index (χ0) is 18.2. The van der Waals surface area contributed by atoms with E-state index in [1.54, 1.807) is 21.2 Å². The maximum absolute atomic E-state index is 11.7. The first-order valence-electron chi connectivity index (χ1n) is 7.53. The van der Waals surface area contributed by atoms with Gasteiger partial charge in [0.05, 0.1) is 25.8 Å². The van der Waals surface area contributed by atoms with Crippen molar-refractivity contribution in [1.82, 2.24) is 20.4 Å². The summed E-state index contributed by atoms with van der Waals surface area (Å²) in [6, 6.07) is 7.57. The highest BCUT2D eigenvalue weighted by molar-refractivity contribution is 7.99. The second-order valence-electron chi connectivity index (χ2n) is 5.34. The largest absolute Gasteiger partial charge is 0.497 e. The zero-order valence-corrected chi connectivity index (χ0v) is 15.1. The SMILES string of the molecule is COc1ccc(Cc2nnc(SCC(=O)NCC(=O)N(C)C)o2)cc1. The van der Waals surface area contributed by atoms with Crippen LogP contribution in [0, 0.1) is 0 Å². The van der Waals surface area contributed by atoms with E-state index in [0.717, 1.165) is 23.1 Å². The number of ether oxygens (including phenoxy) is 1. The first kappa shape index (κ1) is 18.8. The Bertz CT molecular complexity index is 715. The fourth-order valence-corrected chi connectivity index (χ4v) is 2.41. The van der Waals surface area contributed by atoms with Crippen LogP contribution in [0.15, 0.2) is 33.9 Å². The van der Waals surface area contributed by atoms with Crippen molar-refractivity contribution in [1.29, 1.82) is 0 Å². The highest BCUT2D eigenvalue weighted by atomic mass is 32.2. The van der Waals surface area contributed by atoms with Crippen molar-refractivity contribution in [2.45, 2.75) is 11.6 Å². The summed E-state index contributed by atoms with van der Waals surface area (Å²) in [5.74, 6) is 0.915. The summed E-state index contributed by atoms with van der Waals surface area (Å²) in [5.41, 5.74) is 1.01. The van der Waals surface area contributed by atoms with Crippen LogP contribution < -0.4 is 10.1 Å². The van der Waals surface area contributed by atoms with Crippen molar-refractivity contribution < 1.29 is 18.7 Å². The van der Waals surface area contributed by atoms with Crippen LogP contribution in [0.5, 0.6) is 5.75 Å². The molecule has 0 atom stereocenters. The minimum atomic E-state index is -0.268. The van der Waals surface area contributed by atoms with Crippen LogP contribution in [0.4, 0.5) is 0 Å². The Hall–Kier alpha value is -2.55. The summed E-state index contributed by atoms with van der Waals surface area (Å²) in [5, 5.41) is 10.7. The lowest BCUT2D eigenvalue weighted by Gasteiger charge is -2.10. The molecule has 0 unspecified atom stereocenters. The molecule has 0 aliphatic carbocycles. The molecule has 0 bridgehead atoms. The van der Waals surface area contributed by atoms with Crippen LogP contribution in [-0.2, 0) is 16.0 Å². The Morgan fingerprint density at radius 2 is 1.96 bits per heavy atom. The molecule has 8 nitrogen and oxygen atoms in total. The lowest BCUT2D eigenvalue weighted by atomic mass is 10.1. The molecule has 2 aromatic rings. The number of thioether (sulfide) groups is 1. The molecule has 2 rings (SSSR count). The summed E-state index contributed by atoms with van der Waals surface area (Å²) in [6.07, 6.45) is 0.501. The van der Waals surface area contributed by atoms with Crippen molar-refractivity contribution in [3.63, 3.8) is 0 Å². The number of amides is 2. The summed E-state index contributed by atoms with van der Waals surface area (Å²) in [6.45, 7) is -0.0288. The summed E-state index contributed by atoms with van der Waals surface area (Å²) < 4.78 is 10.6. The highest BCUT2D eigenvalue weighted by Crippen LogP contribution is 2.18. The number of nitrogens with zero attached hydrogens (tertiary/aromatic N) is 3. The molecule has 1 aromatic carbocycles. The molecule has 0 fully saturated rings. The van der Waals surface area contributed by atoms with E-state index in [4.69, 9.17) is 9.15 Å². The van der Waals surface area contributed by atoms with Gasteiger partial charge in [-0.05, 0) is 17.7 Å². The molecule has 0 saturated carbocycles. The normalized spacial score (nSPS) is 10.4. The second-order valence-corrected chi connectivity index (χ2v) is 6.27. The highest BCUT2D eigenvalue weighted by Gasteiger charge is 2.12. The van der Waals surface area contributed by atoms with Crippen LogP contribution in [0.3, 0.4) is 0 Å². The van der Waals surface area contributed by atoms with E-state index in [-0.39, 0.29) is 24.1 Å². The topological polar surface area (TPSA) is 97.6 Å². The predicted molar refractivity (Wildman–Crippen MR) is 92.5 cm³/mol. The molecule has 1 aromatic heterocycles. The quantitative estimate of drug-likeness (QED) is 0.697. The van der Waals surface area contributed by atoms with Crippen molar-refractivity contribution in [3.8, 4) is 5.75 Å². The van der Waals surface area contributed by atoms with Gasteiger partial charge in [0.2, 0.25) is 17.7 Å². The van der Waals surface area contributed by atoms with Crippen molar-refractivity contribution >= 4 is 23.6 Å². The molecule has 0 aliphatic rings. The Morgan fingerprint density at radius 3 is 2.60 bits per heavy atom. The minimum absolute atomic E-state index is 0.0288. The molecule has 0 saturated heterocycles. The van der Waals surface area contributed by atoms with Gasteiger partial charge in [0.15, 0.2) is 0 Å². The fraction of sp³-hybridized carbons (Fsp3) is 0.375. The maximum atomic E-state index is 11.7. The first-order chi connectivity index (χ1) is 12.0. The summed E-state index contributed by atoms with van der Waals surface area (Å²) >= 11 is 1.13. The maximum Gasteiger partial charge on any atom is 0.277 e. The Kier molecular flexibility index (Phi) is 6.81. The number of nitrogens with one attached hydrogen (secondary N) is 1. The van der Waals surface area contributed by atoms with Gasteiger partial charge in [0.1, 0.15) is 5.75 Å². The number of aromatic nitrogens is 2. The van der Waals surface area contributed by atoms with E-state index in [1.807, 2.05) is 24.3 Å². The van der Waals surface area contributed by atoms with E-state index in [2.05, 4.69) is 15.5 Å². The number of benzene rings is 1. The number of carbonyl (C=O) groups is 2. The van der Waals surface area contributed by atoms with Crippen molar-refractivity contribution in [2.75, 3.05) is 33.5 Å². The van der Waals surface area contributed by atoms with Crippen molar-refractivity contribution in [2.24, 2.45) is 0 Å². The molecule has 134 valence electrons. The molecule has 0 aliphatic heterocycles. The third kappa shape index (κ3) is 6.11. The molecule has 25 heavy (non-hydrogen) atoms. The average molecular weight is 364 g/mol. The second kappa shape index (κ2) is 9.07. The van der Waals surface area contributed by atoms with Gasteiger partial charge in [-0.25, -0.2) is 0 Å². The van der Waals surface area contributed by atoms with Gasteiger partial charge in [-0.2, -0.15) is 0 Å². The van der Waals surface area contributed by atoms with Gasteiger partial charge in [-0.15, -0.1) is 10.2 Å². The monoisotopic (exact) mass is 364 g/mol. The molecule has 0 radical (unpaired) electrons. The van der Waals surface area contributed by atoms with E-state index in [1.165, 1.54) is 4.90 Å². The van der Waals surface area contributed by atoms with Crippen LogP contribution in [0.2, 0.25) is 0 Å². The fourth-order valence-electron chi connectivity index (χ4n) is 1.80. The van der Waals surface area contributed by atoms with Crippen LogP contribution in [-0.4, -0.2) is 60.4 Å². The van der Waals surface area contributed by atoms with E-state index < -0.39 is 0 Å². The van der Waals surface area contributed by atoms with Gasteiger partial charge >= 0.3 is 0 Å². The molecule has 0 spiro atoms. The molecule has 1 heterocycles. The third-order valence-electron chi connectivity index (χ3n) is 3.23. The Labute approximate surface area is 149 Å². The Balaban J connectivity index is 1.78. The van der Waals surface area contributed by atoms with Gasteiger partial charge < -0.3 is 19.4 Å². The van der Waals surface area contributed by atoms with Crippen LogP contribution >= 0.6 is 11.8 Å². The zero-order valence-electron chi connectivity index (χ0n) is 14.3. The summed E-state index contributed by atoms with van der Waals surface area (Å²) in [4.78, 5) is 24.5. The lowest BCUT2D eigenvalue weighted by molar-refractivity contribution is -0.130. The number of methoxy groups -OCH3 is 1. The minimum Gasteiger partial charge on any atom is -0.497 e. The predicted octanol–water partition coefficient (Wildman–Crippen LogP) is 0.965. The average Bonchev–Trinajstić information content (AvgIpc) is 3.05. The van der Waals surface area contributed by atoms with Crippen molar-refractivity contribution in [3.05, 3.63) is 35.7 Å². The molecular formula is C16H20N4O4S. The number of rotatable bonds is 8. The number of hydrogen-bond donors (Lipinski definition) is 1. The lowest BCUT2D eigenvalue weighted by Crippen LogP contribution is -2.36. The number of likely N-dealkylation sites (N-methyl/N-ethyl adjacent to an activating group) is 1. The van der Waals surface area contributed by atoms with Crippen LogP contribution in [0.25, 0.3) is 0 Å². The summed E-state index contributed by atoms with van der Waals surface area (Å²) in [7, 11) is 4.88. The van der Waals surface area contributed by atoms with E-state index in [9.17, 15) is 9.59 Å². The van der Waals surface area contributed by atoms with Gasteiger partial charge in [0, 0.05) is 14.1 Å². The van der Waals surface area contributed by atoms with Crippen LogP contribution in [0.1, 0.15) is 11.5 Å². The molecular weight excluding hydrogens is 344 g/mol. The molecule has 9 heteroatoms. The number of hydrogen-bond acceptors (Lipinski definition) is 7. The Morgan fingerprint density at radius 1 is 1.24 bits per heavy atom. The smallest absolute Gasteiger partial charge is 0.277 e. The van der Waals surface area contributed by atoms with Gasteiger partial charge in [0.25, 0.3) is 5.22 Å². The van der Waals surface area contributed by atoms with E-state index >= 15 is 0 Å². The van der Waals surface area contributed by atoms with E-state index in [0.29, 0.717) is 17.5 Å². The standard InChI is InChI=1S/C16H20N4O4S/c1-20(2)15(22)9-17-13(21)10-25-16-19-18-14(24-16)8-11-4-6-12(23-3)7-5-11/h4-7H,8-10H2,1-3H3,(H,17,21). The van der Waals surface area contributed by atoms with Gasteiger partial charge in [-0.3, -0.25) is 9.59 Å². The van der Waals surface area contributed by atoms with Gasteiger partial charge in [-0.1, -0.05) is 23.9 Å². The number of carbonyl (C=O) groups excluding carboxylic acids is 2.